The Hall–Kier alpha value is -3.08. The Bertz CT molecular complexity index is 970. The fraction of sp³-hybridized carbons (Fsp3) is 0.407. The van der Waals surface area contributed by atoms with Crippen LogP contribution in [0.1, 0.15) is 51.7 Å². The average Bonchev–Trinajstić information content (AvgIpc) is 3.15. The van der Waals surface area contributed by atoms with E-state index in [4.69, 9.17) is 9.41 Å². The summed E-state index contributed by atoms with van der Waals surface area (Å²) in [6.07, 6.45) is 12.0. The van der Waals surface area contributed by atoms with Crippen LogP contribution in [0.5, 0.6) is 0 Å². The first-order valence-corrected chi connectivity index (χ1v) is 11.7. The summed E-state index contributed by atoms with van der Waals surface area (Å²) in [5.41, 5.74) is 4.05. The van der Waals surface area contributed by atoms with Crippen LogP contribution in [0.3, 0.4) is 0 Å². The number of allylic oxidation sites excluding steroid dienone is 3. The lowest BCUT2D eigenvalue weighted by molar-refractivity contribution is 0.252. The molecule has 2 amide bonds. The first-order chi connectivity index (χ1) is 15.6. The molecule has 0 aliphatic carbocycles. The van der Waals surface area contributed by atoms with Crippen molar-refractivity contribution in [1.82, 2.24) is 5.32 Å². The molecule has 0 spiro atoms. The number of nitrogens with one attached hydrogen (secondary N) is 2. The number of unbranched alkanes of at least 4 members (excludes halogenated alkanes) is 1. The lowest BCUT2D eigenvalue weighted by Crippen LogP contribution is -2.30. The number of rotatable bonds is 9. The Kier molecular flexibility index (Phi) is 8.90. The zero-order valence-corrected chi connectivity index (χ0v) is 19.5. The molecule has 2 aromatic rings. The van der Waals surface area contributed by atoms with Crippen LogP contribution in [0.4, 0.5) is 10.5 Å². The van der Waals surface area contributed by atoms with Crippen molar-refractivity contribution in [3.8, 4) is 11.3 Å². The third-order valence-electron chi connectivity index (χ3n) is 5.62. The van der Waals surface area contributed by atoms with E-state index in [1.165, 1.54) is 18.4 Å². The second-order valence-electron chi connectivity index (χ2n) is 8.28. The predicted molar refractivity (Wildman–Crippen MR) is 133 cm³/mol. The molecule has 1 unspecified atom stereocenters. The Balaban J connectivity index is 1.55. The summed E-state index contributed by atoms with van der Waals surface area (Å²) in [5, 5.41) is 5.88. The Morgan fingerprint density at radius 2 is 1.97 bits per heavy atom. The quantitative estimate of drug-likeness (QED) is 0.451. The molecular formula is C27H35N3O2. The molecule has 1 aromatic carbocycles. The lowest BCUT2D eigenvalue weighted by atomic mass is 9.97. The molecule has 1 aliphatic heterocycles. The SMILES string of the molecule is CCCCC1=CC(CC)CN=C(CCNC(=O)Nc2cc(C)oc2-c2ccccc2)/C=C\1. The van der Waals surface area contributed by atoms with Gasteiger partial charge in [0.15, 0.2) is 5.76 Å². The molecule has 2 N–H and O–H groups in total. The van der Waals surface area contributed by atoms with Gasteiger partial charge in [0, 0.05) is 36.9 Å². The maximum absolute atomic E-state index is 12.5. The monoisotopic (exact) mass is 433 g/mol. The third-order valence-corrected chi connectivity index (χ3v) is 5.62. The summed E-state index contributed by atoms with van der Waals surface area (Å²) in [6.45, 7) is 7.65. The van der Waals surface area contributed by atoms with Gasteiger partial charge in [0.25, 0.3) is 0 Å². The standard InChI is InChI=1S/C27H35N3O2/c1-4-6-10-22-13-14-24(29-19-21(5-2)18-22)15-16-28-27(31)30-25-17-20(3)32-26(25)23-11-8-7-9-12-23/h7-9,11-14,17-18,21H,4-6,10,15-16,19H2,1-3H3,(H2,28,30,31)/b14-13-,22-18?,29-24?. The number of nitrogens with zero attached hydrogens (tertiary/aromatic N) is 1. The lowest BCUT2D eigenvalue weighted by Gasteiger charge is -2.14. The van der Waals surface area contributed by atoms with E-state index in [0.717, 1.165) is 36.4 Å². The number of aryl methyl sites for hydroxylation is 1. The molecule has 5 heteroatoms. The van der Waals surface area contributed by atoms with Gasteiger partial charge in [-0.15, -0.1) is 0 Å². The van der Waals surface area contributed by atoms with Gasteiger partial charge in [0.05, 0.1) is 5.69 Å². The van der Waals surface area contributed by atoms with Crippen LogP contribution in [0.2, 0.25) is 0 Å². The van der Waals surface area contributed by atoms with Crippen molar-refractivity contribution in [2.45, 2.75) is 52.9 Å². The van der Waals surface area contributed by atoms with Crippen LogP contribution in [0, 0.1) is 12.8 Å². The highest BCUT2D eigenvalue weighted by Crippen LogP contribution is 2.31. The van der Waals surface area contributed by atoms with Crippen molar-refractivity contribution in [2.24, 2.45) is 10.9 Å². The van der Waals surface area contributed by atoms with Crippen LogP contribution in [0.25, 0.3) is 11.3 Å². The minimum atomic E-state index is -0.242. The molecule has 5 nitrogen and oxygen atoms in total. The number of urea groups is 1. The van der Waals surface area contributed by atoms with Crippen molar-refractivity contribution >= 4 is 17.4 Å². The van der Waals surface area contributed by atoms with Gasteiger partial charge < -0.3 is 15.1 Å². The molecule has 3 rings (SSSR count). The molecule has 1 aliphatic rings. The van der Waals surface area contributed by atoms with Crippen molar-refractivity contribution in [3.63, 3.8) is 0 Å². The molecule has 0 saturated carbocycles. The van der Waals surface area contributed by atoms with Gasteiger partial charge in [-0.25, -0.2) is 4.79 Å². The number of hydrogen-bond acceptors (Lipinski definition) is 3. The third kappa shape index (κ3) is 6.98. The van der Waals surface area contributed by atoms with Gasteiger partial charge in [-0.2, -0.15) is 0 Å². The van der Waals surface area contributed by atoms with Crippen molar-refractivity contribution in [1.29, 1.82) is 0 Å². The van der Waals surface area contributed by atoms with Gasteiger partial charge >= 0.3 is 6.03 Å². The molecule has 0 radical (unpaired) electrons. The minimum absolute atomic E-state index is 0.242. The highest BCUT2D eigenvalue weighted by atomic mass is 16.3. The van der Waals surface area contributed by atoms with Gasteiger partial charge in [-0.1, -0.05) is 68.3 Å². The van der Waals surface area contributed by atoms with Crippen LogP contribution in [-0.4, -0.2) is 24.8 Å². The molecule has 0 fully saturated rings. The predicted octanol–water partition coefficient (Wildman–Crippen LogP) is 6.92. The Labute approximate surface area is 191 Å². The van der Waals surface area contributed by atoms with E-state index < -0.39 is 0 Å². The number of carbonyl (C=O) groups is 1. The summed E-state index contributed by atoms with van der Waals surface area (Å²) in [5.74, 6) is 1.91. The Morgan fingerprint density at radius 1 is 1.16 bits per heavy atom. The van der Waals surface area contributed by atoms with Gasteiger partial charge in [-0.3, -0.25) is 4.99 Å². The molecule has 2 heterocycles. The van der Waals surface area contributed by atoms with Crippen LogP contribution >= 0.6 is 0 Å². The Morgan fingerprint density at radius 3 is 2.72 bits per heavy atom. The van der Waals surface area contributed by atoms with Crippen molar-refractivity contribution in [3.05, 3.63) is 66.0 Å². The van der Waals surface area contributed by atoms with E-state index in [-0.39, 0.29) is 6.03 Å². The van der Waals surface area contributed by atoms with Crippen LogP contribution in [-0.2, 0) is 0 Å². The first kappa shape index (κ1) is 23.6. The normalized spacial score (nSPS) is 17.0. The highest BCUT2D eigenvalue weighted by molar-refractivity contribution is 5.97. The summed E-state index contributed by atoms with van der Waals surface area (Å²) in [6, 6.07) is 11.4. The van der Waals surface area contributed by atoms with E-state index in [2.05, 4.69) is 42.7 Å². The summed E-state index contributed by atoms with van der Waals surface area (Å²) >= 11 is 0. The maximum atomic E-state index is 12.5. The molecular weight excluding hydrogens is 398 g/mol. The summed E-state index contributed by atoms with van der Waals surface area (Å²) < 4.78 is 5.81. The fourth-order valence-electron chi connectivity index (χ4n) is 3.74. The number of anilines is 1. The smallest absolute Gasteiger partial charge is 0.319 e. The van der Waals surface area contributed by atoms with Gasteiger partial charge in [0.1, 0.15) is 5.76 Å². The second-order valence-corrected chi connectivity index (χ2v) is 8.28. The molecule has 32 heavy (non-hydrogen) atoms. The van der Waals surface area contributed by atoms with Crippen LogP contribution < -0.4 is 10.6 Å². The topological polar surface area (TPSA) is 66.6 Å². The average molecular weight is 434 g/mol. The van der Waals surface area contributed by atoms with E-state index >= 15 is 0 Å². The number of furan rings is 1. The zero-order chi connectivity index (χ0) is 22.8. The number of benzene rings is 1. The van der Waals surface area contributed by atoms with E-state index in [0.29, 0.717) is 30.3 Å². The maximum Gasteiger partial charge on any atom is 0.319 e. The summed E-state index contributed by atoms with van der Waals surface area (Å²) in [7, 11) is 0. The first-order valence-electron chi connectivity index (χ1n) is 11.7. The number of carbonyl (C=O) groups excluding carboxylic acids is 1. The zero-order valence-electron chi connectivity index (χ0n) is 19.5. The van der Waals surface area contributed by atoms with Crippen molar-refractivity contribution < 1.29 is 9.21 Å². The molecule has 170 valence electrons. The molecule has 1 atom stereocenters. The summed E-state index contributed by atoms with van der Waals surface area (Å²) in [4.78, 5) is 17.3. The van der Waals surface area contributed by atoms with E-state index in [1.54, 1.807) is 0 Å². The molecule has 1 aromatic heterocycles. The van der Waals surface area contributed by atoms with Crippen LogP contribution in [0.15, 0.2) is 69.6 Å². The largest absolute Gasteiger partial charge is 0.459 e. The number of amides is 2. The molecule has 0 saturated heterocycles. The van der Waals surface area contributed by atoms with Crippen molar-refractivity contribution in [2.75, 3.05) is 18.4 Å². The highest BCUT2D eigenvalue weighted by Gasteiger charge is 2.14. The molecule has 0 bridgehead atoms. The van der Waals surface area contributed by atoms with E-state index in [1.807, 2.05) is 43.3 Å². The minimum Gasteiger partial charge on any atom is -0.459 e. The second kappa shape index (κ2) is 12.1. The fourth-order valence-corrected chi connectivity index (χ4v) is 3.74. The number of hydrogen-bond donors (Lipinski definition) is 2. The van der Waals surface area contributed by atoms with E-state index in [9.17, 15) is 4.79 Å². The van der Waals surface area contributed by atoms with Gasteiger partial charge in [0.2, 0.25) is 0 Å². The van der Waals surface area contributed by atoms with Gasteiger partial charge in [-0.05, 0) is 38.2 Å². The number of aliphatic imine (C=N–C) groups is 1.